The number of aliphatic carboxylic acids is 1. The molecule has 0 spiro atoms. The van der Waals surface area contributed by atoms with Crippen molar-refractivity contribution in [1.82, 2.24) is 10.3 Å². The lowest BCUT2D eigenvalue weighted by Crippen LogP contribution is -2.41. The van der Waals surface area contributed by atoms with Gasteiger partial charge in [-0.15, -0.1) is 11.3 Å². The van der Waals surface area contributed by atoms with Crippen molar-refractivity contribution in [2.45, 2.75) is 18.9 Å². The van der Waals surface area contributed by atoms with Gasteiger partial charge in [-0.3, -0.25) is 14.6 Å². The second kappa shape index (κ2) is 5.94. The van der Waals surface area contributed by atoms with Gasteiger partial charge in [0.15, 0.2) is 0 Å². The van der Waals surface area contributed by atoms with E-state index >= 15 is 0 Å². The van der Waals surface area contributed by atoms with Gasteiger partial charge >= 0.3 is 5.97 Å². The highest BCUT2D eigenvalue weighted by Gasteiger charge is 2.21. The summed E-state index contributed by atoms with van der Waals surface area (Å²) in [5, 5.41) is 11.2. The molecule has 2 amide bonds. The first kappa shape index (κ1) is 13.1. The second-order valence-corrected chi connectivity index (χ2v) is 4.12. The van der Waals surface area contributed by atoms with Gasteiger partial charge in [-0.2, -0.15) is 0 Å². The first-order valence-electron chi connectivity index (χ1n) is 4.71. The molecule has 1 rings (SSSR count). The number of nitrogens with one attached hydrogen (secondary N) is 1. The van der Waals surface area contributed by atoms with E-state index in [4.69, 9.17) is 10.8 Å². The predicted molar refractivity (Wildman–Crippen MR) is 59.4 cm³/mol. The van der Waals surface area contributed by atoms with Crippen LogP contribution in [0.5, 0.6) is 0 Å². The van der Waals surface area contributed by atoms with E-state index in [1.165, 1.54) is 11.7 Å². The van der Waals surface area contributed by atoms with E-state index in [0.29, 0.717) is 4.88 Å². The first-order valence-corrected chi connectivity index (χ1v) is 5.59. The Hall–Kier alpha value is -1.96. The molecular formula is C9H11N3O4S. The largest absolute Gasteiger partial charge is 0.480 e. The van der Waals surface area contributed by atoms with Gasteiger partial charge in [0.2, 0.25) is 5.91 Å². The van der Waals surface area contributed by atoms with Crippen LogP contribution in [0.4, 0.5) is 0 Å². The van der Waals surface area contributed by atoms with Crippen molar-refractivity contribution in [3.63, 3.8) is 0 Å². The van der Waals surface area contributed by atoms with Gasteiger partial charge in [-0.25, -0.2) is 4.79 Å². The van der Waals surface area contributed by atoms with Gasteiger partial charge in [0.25, 0.3) is 5.91 Å². The monoisotopic (exact) mass is 257 g/mol. The normalized spacial score (nSPS) is 11.8. The van der Waals surface area contributed by atoms with Crippen LogP contribution in [-0.2, 0) is 9.59 Å². The minimum Gasteiger partial charge on any atom is -0.480 e. The number of carboxylic acid groups (broad SMARTS) is 1. The van der Waals surface area contributed by atoms with Gasteiger partial charge in [0, 0.05) is 6.42 Å². The smallest absolute Gasteiger partial charge is 0.326 e. The Morgan fingerprint density at radius 2 is 2.24 bits per heavy atom. The lowest BCUT2D eigenvalue weighted by atomic mass is 10.1. The maximum absolute atomic E-state index is 11.5. The Kier molecular flexibility index (Phi) is 4.58. The number of amides is 2. The summed E-state index contributed by atoms with van der Waals surface area (Å²) in [6, 6.07) is -1.13. The standard InChI is InChI=1S/C9H11N3O4S/c10-7(13)2-1-5(9(15)16)12-8(14)6-3-11-4-17-6/h3-5H,1-2H2,(H2,10,13)(H,12,14)(H,15,16)/t5-/m1/s1. The third-order valence-corrected chi connectivity index (χ3v) is 2.71. The van der Waals surface area contributed by atoms with E-state index in [1.807, 2.05) is 0 Å². The molecule has 0 bridgehead atoms. The molecule has 1 atom stereocenters. The molecule has 4 N–H and O–H groups in total. The van der Waals surface area contributed by atoms with Crippen molar-refractivity contribution < 1.29 is 19.5 Å². The predicted octanol–water partition coefficient (Wildman–Crippen LogP) is -0.408. The highest BCUT2D eigenvalue weighted by atomic mass is 32.1. The summed E-state index contributed by atoms with van der Waals surface area (Å²) in [4.78, 5) is 37.0. The van der Waals surface area contributed by atoms with Gasteiger partial charge in [0.05, 0.1) is 11.7 Å². The van der Waals surface area contributed by atoms with Crippen LogP contribution in [0.15, 0.2) is 11.7 Å². The quantitative estimate of drug-likeness (QED) is 0.639. The molecule has 0 saturated heterocycles. The summed E-state index contributed by atoms with van der Waals surface area (Å²) >= 11 is 1.10. The number of nitrogens with two attached hydrogens (primary N) is 1. The fraction of sp³-hybridized carbons (Fsp3) is 0.333. The van der Waals surface area contributed by atoms with Gasteiger partial charge in [-0.1, -0.05) is 0 Å². The molecule has 0 unspecified atom stereocenters. The van der Waals surface area contributed by atoms with Crippen LogP contribution >= 0.6 is 11.3 Å². The number of nitrogens with zero attached hydrogens (tertiary/aromatic N) is 1. The third-order valence-electron chi connectivity index (χ3n) is 1.94. The zero-order chi connectivity index (χ0) is 12.8. The molecular weight excluding hydrogens is 246 g/mol. The molecule has 0 aromatic carbocycles. The van der Waals surface area contributed by atoms with E-state index < -0.39 is 23.8 Å². The molecule has 0 saturated carbocycles. The Labute approximate surface area is 101 Å². The molecule has 0 aliphatic rings. The number of carboxylic acids is 1. The van der Waals surface area contributed by atoms with Crippen LogP contribution in [0.25, 0.3) is 0 Å². The summed E-state index contributed by atoms with van der Waals surface area (Å²) in [5.74, 6) is -2.34. The average molecular weight is 257 g/mol. The summed E-state index contributed by atoms with van der Waals surface area (Å²) < 4.78 is 0. The number of aromatic nitrogens is 1. The molecule has 7 nitrogen and oxygen atoms in total. The minimum absolute atomic E-state index is 0.0325. The maximum atomic E-state index is 11.5. The number of hydrogen-bond donors (Lipinski definition) is 3. The Balaban J connectivity index is 2.58. The van der Waals surface area contributed by atoms with Crippen LogP contribution < -0.4 is 11.1 Å². The van der Waals surface area contributed by atoms with Gasteiger partial charge in [-0.05, 0) is 6.42 Å². The lowest BCUT2D eigenvalue weighted by molar-refractivity contribution is -0.139. The topological polar surface area (TPSA) is 122 Å². The molecule has 1 aromatic heterocycles. The molecule has 1 heterocycles. The molecule has 92 valence electrons. The van der Waals surface area contributed by atoms with Gasteiger partial charge in [0.1, 0.15) is 10.9 Å². The minimum atomic E-state index is -1.20. The van der Waals surface area contributed by atoms with E-state index in [9.17, 15) is 14.4 Å². The number of primary amides is 1. The fourth-order valence-corrected chi connectivity index (χ4v) is 1.62. The summed E-state index contributed by atoms with van der Waals surface area (Å²) in [5.41, 5.74) is 6.38. The molecule has 8 heteroatoms. The number of thiazole rings is 1. The van der Waals surface area contributed by atoms with Crippen molar-refractivity contribution in [3.8, 4) is 0 Å². The number of hydrogen-bond acceptors (Lipinski definition) is 5. The molecule has 17 heavy (non-hydrogen) atoms. The van der Waals surface area contributed by atoms with E-state index in [1.54, 1.807) is 0 Å². The Bertz CT molecular complexity index is 418. The molecule has 0 radical (unpaired) electrons. The van der Waals surface area contributed by atoms with Crippen molar-refractivity contribution in [2.75, 3.05) is 0 Å². The van der Waals surface area contributed by atoms with Crippen LogP contribution in [0, 0.1) is 0 Å². The molecule has 1 aromatic rings. The van der Waals surface area contributed by atoms with Crippen molar-refractivity contribution >= 4 is 29.1 Å². The lowest BCUT2D eigenvalue weighted by Gasteiger charge is -2.12. The van der Waals surface area contributed by atoms with Crippen LogP contribution in [-0.4, -0.2) is 33.9 Å². The van der Waals surface area contributed by atoms with E-state index in [0.717, 1.165) is 11.3 Å². The zero-order valence-electron chi connectivity index (χ0n) is 8.75. The van der Waals surface area contributed by atoms with Crippen molar-refractivity contribution in [1.29, 1.82) is 0 Å². The molecule has 0 aliphatic carbocycles. The van der Waals surface area contributed by atoms with Crippen LogP contribution in [0.2, 0.25) is 0 Å². The molecule has 0 fully saturated rings. The number of carbonyl (C=O) groups is 3. The summed E-state index contributed by atoms with van der Waals surface area (Å²) in [6.45, 7) is 0. The van der Waals surface area contributed by atoms with E-state index in [-0.39, 0.29) is 12.8 Å². The van der Waals surface area contributed by atoms with Crippen molar-refractivity contribution in [3.05, 3.63) is 16.6 Å². The highest BCUT2D eigenvalue weighted by molar-refractivity contribution is 7.11. The van der Waals surface area contributed by atoms with Crippen LogP contribution in [0.3, 0.4) is 0 Å². The second-order valence-electron chi connectivity index (χ2n) is 3.23. The molecule has 0 aliphatic heterocycles. The Morgan fingerprint density at radius 1 is 1.53 bits per heavy atom. The van der Waals surface area contributed by atoms with Crippen LogP contribution in [0.1, 0.15) is 22.5 Å². The number of carbonyl (C=O) groups excluding carboxylic acids is 2. The Morgan fingerprint density at radius 3 is 2.71 bits per heavy atom. The van der Waals surface area contributed by atoms with Crippen molar-refractivity contribution in [2.24, 2.45) is 5.73 Å². The van der Waals surface area contributed by atoms with Gasteiger partial charge < -0.3 is 16.2 Å². The van der Waals surface area contributed by atoms with E-state index in [2.05, 4.69) is 10.3 Å². The zero-order valence-corrected chi connectivity index (χ0v) is 9.57. The summed E-state index contributed by atoms with van der Waals surface area (Å²) in [7, 11) is 0. The SMILES string of the molecule is NC(=O)CC[C@@H](NC(=O)c1cncs1)C(=O)O. The number of rotatable bonds is 6. The third kappa shape index (κ3) is 4.19. The fourth-order valence-electron chi connectivity index (χ4n) is 1.10. The average Bonchev–Trinajstić information content (AvgIpc) is 2.76. The first-order chi connectivity index (χ1) is 8.00. The maximum Gasteiger partial charge on any atom is 0.326 e. The highest BCUT2D eigenvalue weighted by Crippen LogP contribution is 2.06. The summed E-state index contributed by atoms with van der Waals surface area (Å²) in [6.07, 6.45) is 1.21.